The fourth-order valence-corrected chi connectivity index (χ4v) is 5.89. The van der Waals surface area contributed by atoms with E-state index < -0.39 is 0 Å². The molecule has 3 atom stereocenters. The summed E-state index contributed by atoms with van der Waals surface area (Å²) in [5.74, 6) is 0. The zero-order valence-electron chi connectivity index (χ0n) is 23.0. The van der Waals surface area contributed by atoms with E-state index in [4.69, 9.17) is 10.7 Å². The molecular weight excluding hydrogens is 502 g/mol. The molecule has 0 bridgehead atoms. The second-order valence-electron chi connectivity index (χ2n) is 10.9. The minimum Gasteiger partial charge on any atom is -0.400 e. The van der Waals surface area contributed by atoms with Gasteiger partial charge >= 0.3 is 0 Å². The van der Waals surface area contributed by atoms with Crippen LogP contribution in [0.4, 0.5) is 0 Å². The van der Waals surface area contributed by atoms with Crippen LogP contribution in [0.1, 0.15) is 47.6 Å². The van der Waals surface area contributed by atoms with Gasteiger partial charge in [0.05, 0.1) is 18.4 Å². The summed E-state index contributed by atoms with van der Waals surface area (Å²) in [6.07, 6.45) is 5.61. The number of benzene rings is 5. The topological polar surface area (TPSA) is 74.5 Å². The van der Waals surface area contributed by atoms with Crippen LogP contribution in [-0.4, -0.2) is 12.4 Å². The van der Waals surface area contributed by atoms with Crippen LogP contribution in [0.25, 0.3) is 21.5 Å². The van der Waals surface area contributed by atoms with Crippen LogP contribution >= 0.6 is 0 Å². The van der Waals surface area contributed by atoms with Crippen molar-refractivity contribution in [1.29, 1.82) is 0 Å². The largest absolute Gasteiger partial charge is 0.400 e. The molecule has 5 N–H and O–H groups in total. The van der Waals surface area contributed by atoms with Gasteiger partial charge in [0.1, 0.15) is 6.17 Å². The molecule has 0 aromatic heterocycles. The summed E-state index contributed by atoms with van der Waals surface area (Å²) in [4.78, 5) is 4.74. The molecule has 2 aliphatic heterocycles. The average Bonchev–Trinajstić information content (AvgIpc) is 3.47. The summed E-state index contributed by atoms with van der Waals surface area (Å²) in [5, 5.41) is 16.1. The predicted octanol–water partition coefficient (Wildman–Crippen LogP) is 6.76. The van der Waals surface area contributed by atoms with Gasteiger partial charge in [0.25, 0.3) is 0 Å². The SMILES string of the molecule is C/C(=C\C=C(/N)C1NC(c2ccc3ccccc3c2)NC(c2ccc3ccccc3c2)N1)C1N=Cc2ccccc21. The lowest BCUT2D eigenvalue weighted by Crippen LogP contribution is -2.60. The van der Waals surface area contributed by atoms with Gasteiger partial charge in [-0.3, -0.25) is 20.9 Å². The normalized spacial score (nSPS) is 22.8. The fraction of sp³-hybridized carbons (Fsp3) is 0.139. The molecule has 0 radical (unpaired) electrons. The maximum Gasteiger partial charge on any atom is 0.101 e. The first kappa shape index (κ1) is 25.4. The van der Waals surface area contributed by atoms with Gasteiger partial charge in [-0.2, -0.15) is 0 Å². The molecule has 2 aliphatic rings. The first-order valence-corrected chi connectivity index (χ1v) is 14.1. The number of hydrogen-bond acceptors (Lipinski definition) is 5. The van der Waals surface area contributed by atoms with E-state index in [0.717, 1.165) is 22.4 Å². The Hall–Kier alpha value is -4.55. The number of nitrogens with zero attached hydrogens (tertiary/aromatic N) is 1. The van der Waals surface area contributed by atoms with Gasteiger partial charge in [-0.15, -0.1) is 0 Å². The lowest BCUT2D eigenvalue weighted by molar-refractivity contribution is 0.221. The van der Waals surface area contributed by atoms with E-state index in [0.29, 0.717) is 0 Å². The number of hydrogen-bond donors (Lipinski definition) is 4. The summed E-state index contributed by atoms with van der Waals surface area (Å²) >= 11 is 0. The van der Waals surface area contributed by atoms with Crippen molar-refractivity contribution in [2.45, 2.75) is 31.5 Å². The zero-order chi connectivity index (χ0) is 27.8. The van der Waals surface area contributed by atoms with E-state index in [9.17, 15) is 0 Å². The molecule has 5 aromatic rings. The van der Waals surface area contributed by atoms with E-state index in [1.165, 1.54) is 32.7 Å². The van der Waals surface area contributed by atoms with Crippen LogP contribution in [0.2, 0.25) is 0 Å². The van der Waals surface area contributed by atoms with Crippen LogP contribution < -0.4 is 21.7 Å². The second kappa shape index (κ2) is 10.8. The van der Waals surface area contributed by atoms with Gasteiger partial charge in [-0.25, -0.2) is 0 Å². The number of fused-ring (bicyclic) bond motifs is 3. The van der Waals surface area contributed by atoms with Gasteiger partial charge in [-0.1, -0.05) is 103 Å². The van der Waals surface area contributed by atoms with Crippen molar-refractivity contribution in [2.24, 2.45) is 10.7 Å². The molecule has 0 saturated carbocycles. The van der Waals surface area contributed by atoms with Gasteiger partial charge in [-0.05, 0) is 74.5 Å². The van der Waals surface area contributed by atoms with E-state index >= 15 is 0 Å². The zero-order valence-corrected chi connectivity index (χ0v) is 23.0. The van der Waals surface area contributed by atoms with Crippen LogP contribution in [0.5, 0.6) is 0 Å². The molecule has 0 spiro atoms. The smallest absolute Gasteiger partial charge is 0.101 e. The minimum atomic E-state index is -0.243. The first-order chi connectivity index (χ1) is 20.1. The fourth-order valence-electron chi connectivity index (χ4n) is 5.89. The summed E-state index contributed by atoms with van der Waals surface area (Å²) in [7, 11) is 0. The summed E-state index contributed by atoms with van der Waals surface area (Å²) in [5.41, 5.74) is 13.4. The Morgan fingerprint density at radius 2 is 1.22 bits per heavy atom. The molecular formula is C36H33N5. The van der Waals surface area contributed by atoms with Gasteiger partial charge in [0.15, 0.2) is 0 Å². The second-order valence-corrected chi connectivity index (χ2v) is 10.9. The Labute approximate surface area is 240 Å². The molecule has 0 aliphatic carbocycles. The maximum absolute atomic E-state index is 6.78. The monoisotopic (exact) mass is 535 g/mol. The molecule has 1 fully saturated rings. The Balaban J connectivity index is 1.21. The number of rotatable bonds is 5. The lowest BCUT2D eigenvalue weighted by atomic mass is 9.98. The van der Waals surface area contributed by atoms with Crippen molar-refractivity contribution in [2.75, 3.05) is 0 Å². The molecule has 202 valence electrons. The summed E-state index contributed by atoms with van der Waals surface area (Å²) in [6.45, 7) is 2.12. The van der Waals surface area contributed by atoms with Gasteiger partial charge in [0, 0.05) is 11.9 Å². The predicted molar refractivity (Wildman–Crippen MR) is 169 cm³/mol. The van der Waals surface area contributed by atoms with Crippen molar-refractivity contribution >= 4 is 27.8 Å². The van der Waals surface area contributed by atoms with Crippen molar-refractivity contribution in [3.8, 4) is 0 Å². The van der Waals surface area contributed by atoms with Crippen molar-refractivity contribution in [1.82, 2.24) is 16.0 Å². The number of allylic oxidation sites excluding steroid dienone is 2. The third-order valence-electron chi connectivity index (χ3n) is 8.17. The molecule has 41 heavy (non-hydrogen) atoms. The standard InChI is InChI=1S/C36H33N5/c1-23(33-31-13-7-6-12-30(31)22-38-33)14-19-32(37)36-40-34(28-17-15-24-8-2-4-10-26(24)20-28)39-35(41-36)29-18-16-25-9-3-5-11-27(25)21-29/h2-22,33-36,39-41H,37H2,1H3/b23-14+,32-19-. The summed E-state index contributed by atoms with van der Waals surface area (Å²) in [6, 6.07) is 38.6. The van der Waals surface area contributed by atoms with Gasteiger partial charge in [0.2, 0.25) is 0 Å². The summed E-state index contributed by atoms with van der Waals surface area (Å²) < 4.78 is 0. The third-order valence-corrected chi connectivity index (χ3v) is 8.17. The van der Waals surface area contributed by atoms with E-state index in [2.05, 4.69) is 138 Å². The third kappa shape index (κ3) is 5.07. The molecule has 2 heterocycles. The van der Waals surface area contributed by atoms with Gasteiger partial charge < -0.3 is 5.73 Å². The molecule has 1 saturated heterocycles. The van der Waals surface area contributed by atoms with Crippen LogP contribution in [-0.2, 0) is 0 Å². The molecule has 7 rings (SSSR count). The maximum atomic E-state index is 6.78. The highest BCUT2D eigenvalue weighted by atomic mass is 15.4. The highest BCUT2D eigenvalue weighted by Gasteiger charge is 2.30. The Kier molecular flexibility index (Phi) is 6.69. The molecule has 5 aromatic carbocycles. The quantitative estimate of drug-likeness (QED) is 0.188. The Morgan fingerprint density at radius 1 is 0.659 bits per heavy atom. The van der Waals surface area contributed by atoms with Crippen molar-refractivity contribution in [3.63, 3.8) is 0 Å². The van der Waals surface area contributed by atoms with Crippen LogP contribution in [0.3, 0.4) is 0 Å². The highest BCUT2D eigenvalue weighted by molar-refractivity contribution is 5.86. The Bertz CT molecular complexity index is 1750. The van der Waals surface area contributed by atoms with Crippen molar-refractivity contribution < 1.29 is 0 Å². The Morgan fingerprint density at radius 3 is 1.85 bits per heavy atom. The number of aliphatic imine (C=N–C) groups is 1. The minimum absolute atomic E-state index is 0.0277. The van der Waals surface area contributed by atoms with E-state index in [-0.39, 0.29) is 24.5 Å². The van der Waals surface area contributed by atoms with E-state index in [1.807, 2.05) is 12.3 Å². The highest BCUT2D eigenvalue weighted by Crippen LogP contribution is 2.32. The molecule has 5 heteroatoms. The van der Waals surface area contributed by atoms with E-state index in [1.54, 1.807) is 0 Å². The first-order valence-electron chi connectivity index (χ1n) is 14.1. The number of nitrogens with one attached hydrogen (secondary N) is 3. The van der Waals surface area contributed by atoms with Crippen molar-refractivity contribution in [3.05, 3.63) is 155 Å². The molecule has 3 unspecified atom stereocenters. The van der Waals surface area contributed by atoms with Crippen LogP contribution in [0.15, 0.2) is 138 Å². The molecule has 0 amide bonds. The number of nitrogens with two attached hydrogens (primary N) is 1. The van der Waals surface area contributed by atoms with Crippen LogP contribution in [0, 0.1) is 0 Å². The average molecular weight is 536 g/mol. The molecule has 5 nitrogen and oxygen atoms in total. The lowest BCUT2D eigenvalue weighted by Gasteiger charge is -2.39.